The van der Waals surface area contributed by atoms with Gasteiger partial charge in [0.1, 0.15) is 0 Å². The maximum absolute atomic E-state index is 12.5. The molecule has 0 radical (unpaired) electrons. The molecule has 2 aromatic carbocycles. The van der Waals surface area contributed by atoms with E-state index in [0.29, 0.717) is 16.1 Å². The number of hydrogen-bond acceptors (Lipinski definition) is 3. The summed E-state index contributed by atoms with van der Waals surface area (Å²) in [7, 11) is 1.34. The first kappa shape index (κ1) is 16.3. The fraction of sp³-hybridized carbons (Fsp3) is 0.222. The Hall–Kier alpha value is -2.53. The standard InChI is InChI=1S/C18H17ClN2O3/c1-18(2,12-6-4-5-11(9-12)16(22)24-3)21-15-8-7-13(19)10-14(15)20-17(21)23/h4-10H,1-3H3,(H,20,23). The van der Waals surface area contributed by atoms with Gasteiger partial charge in [-0.25, -0.2) is 9.59 Å². The van der Waals surface area contributed by atoms with E-state index >= 15 is 0 Å². The van der Waals surface area contributed by atoms with Crippen LogP contribution >= 0.6 is 11.6 Å². The van der Waals surface area contributed by atoms with E-state index in [9.17, 15) is 9.59 Å². The average molecular weight is 345 g/mol. The van der Waals surface area contributed by atoms with E-state index in [2.05, 4.69) is 4.98 Å². The van der Waals surface area contributed by atoms with Gasteiger partial charge in [-0.15, -0.1) is 0 Å². The first-order chi connectivity index (χ1) is 11.3. The zero-order chi connectivity index (χ0) is 17.5. The number of H-pyrrole nitrogens is 1. The van der Waals surface area contributed by atoms with Crippen LogP contribution in [0, 0.1) is 0 Å². The Kier molecular flexibility index (Phi) is 3.97. The Morgan fingerprint density at radius 1 is 1.21 bits per heavy atom. The fourth-order valence-corrected chi connectivity index (χ4v) is 3.08. The third-order valence-electron chi connectivity index (χ3n) is 4.19. The minimum absolute atomic E-state index is 0.235. The number of nitrogens with zero attached hydrogens (tertiary/aromatic N) is 1. The van der Waals surface area contributed by atoms with Crippen LogP contribution < -0.4 is 5.69 Å². The first-order valence-corrected chi connectivity index (χ1v) is 7.82. The molecule has 124 valence electrons. The highest BCUT2D eigenvalue weighted by atomic mass is 35.5. The van der Waals surface area contributed by atoms with Gasteiger partial charge in [-0.1, -0.05) is 23.7 Å². The van der Waals surface area contributed by atoms with E-state index in [1.807, 2.05) is 26.0 Å². The summed E-state index contributed by atoms with van der Waals surface area (Å²) in [6, 6.07) is 12.4. The number of hydrogen-bond donors (Lipinski definition) is 1. The minimum atomic E-state index is -0.673. The van der Waals surface area contributed by atoms with Crippen molar-refractivity contribution in [2.24, 2.45) is 0 Å². The SMILES string of the molecule is COC(=O)c1cccc(C(C)(C)n2c(=O)[nH]c3cc(Cl)ccc32)c1. The number of carbonyl (C=O) groups excluding carboxylic acids is 1. The summed E-state index contributed by atoms with van der Waals surface area (Å²) in [6.07, 6.45) is 0. The van der Waals surface area contributed by atoms with Crippen LogP contribution in [0.5, 0.6) is 0 Å². The largest absolute Gasteiger partial charge is 0.465 e. The number of rotatable bonds is 3. The summed E-state index contributed by atoms with van der Waals surface area (Å²) in [4.78, 5) is 27.1. The molecule has 0 saturated carbocycles. The van der Waals surface area contributed by atoms with Gasteiger partial charge in [-0.2, -0.15) is 0 Å². The molecule has 0 spiro atoms. The second-order valence-corrected chi connectivity index (χ2v) is 6.49. The number of methoxy groups -OCH3 is 1. The van der Waals surface area contributed by atoms with Crippen molar-refractivity contribution in [3.8, 4) is 0 Å². The van der Waals surface area contributed by atoms with Gasteiger partial charge in [0.2, 0.25) is 0 Å². The molecule has 24 heavy (non-hydrogen) atoms. The molecule has 0 aliphatic heterocycles. The smallest absolute Gasteiger partial charge is 0.337 e. The maximum Gasteiger partial charge on any atom is 0.337 e. The lowest BCUT2D eigenvalue weighted by atomic mass is 9.92. The molecule has 0 saturated heterocycles. The number of halogens is 1. The van der Waals surface area contributed by atoms with E-state index < -0.39 is 11.5 Å². The molecular formula is C18H17ClN2O3. The van der Waals surface area contributed by atoms with Gasteiger partial charge >= 0.3 is 11.7 Å². The van der Waals surface area contributed by atoms with Crippen LogP contribution in [0.1, 0.15) is 29.8 Å². The number of fused-ring (bicyclic) bond motifs is 1. The monoisotopic (exact) mass is 344 g/mol. The van der Waals surface area contributed by atoms with E-state index in [-0.39, 0.29) is 5.69 Å². The fourth-order valence-electron chi connectivity index (χ4n) is 2.91. The van der Waals surface area contributed by atoms with E-state index in [4.69, 9.17) is 16.3 Å². The number of carbonyl (C=O) groups is 1. The summed E-state index contributed by atoms with van der Waals surface area (Å²) in [5, 5.41) is 0.557. The van der Waals surface area contributed by atoms with Gasteiger partial charge in [0.15, 0.2) is 0 Å². The average Bonchev–Trinajstić information content (AvgIpc) is 2.89. The molecule has 0 amide bonds. The number of ether oxygens (including phenoxy) is 1. The molecule has 3 rings (SSSR count). The van der Waals surface area contributed by atoms with Crippen molar-refractivity contribution in [3.05, 3.63) is 69.1 Å². The van der Waals surface area contributed by atoms with Gasteiger partial charge in [0, 0.05) is 5.02 Å². The highest BCUT2D eigenvalue weighted by Crippen LogP contribution is 2.29. The molecule has 0 aliphatic rings. The van der Waals surface area contributed by atoms with Crippen LogP contribution in [0.4, 0.5) is 0 Å². The molecule has 0 bridgehead atoms. The lowest BCUT2D eigenvalue weighted by Crippen LogP contribution is -2.35. The maximum atomic E-state index is 12.5. The normalized spacial score (nSPS) is 11.7. The molecule has 1 N–H and O–H groups in total. The number of esters is 1. The second-order valence-electron chi connectivity index (χ2n) is 6.06. The number of benzene rings is 2. The Morgan fingerprint density at radius 2 is 1.96 bits per heavy atom. The summed E-state index contributed by atoms with van der Waals surface area (Å²) in [6.45, 7) is 3.85. The summed E-state index contributed by atoms with van der Waals surface area (Å²) in [5.74, 6) is -0.411. The number of nitrogens with one attached hydrogen (secondary N) is 1. The molecule has 3 aromatic rings. The number of imidazole rings is 1. The molecule has 6 heteroatoms. The Balaban J connectivity index is 2.20. The van der Waals surface area contributed by atoms with Crippen LogP contribution in [-0.2, 0) is 10.3 Å². The van der Waals surface area contributed by atoms with Crippen LogP contribution in [0.15, 0.2) is 47.3 Å². The van der Waals surface area contributed by atoms with Crippen molar-refractivity contribution in [1.82, 2.24) is 9.55 Å². The Morgan fingerprint density at radius 3 is 2.67 bits per heavy atom. The quantitative estimate of drug-likeness (QED) is 0.739. The molecule has 1 aromatic heterocycles. The molecule has 0 fully saturated rings. The second kappa shape index (κ2) is 5.83. The number of aromatic nitrogens is 2. The molecule has 0 atom stereocenters. The third kappa shape index (κ3) is 2.61. The molecular weight excluding hydrogens is 328 g/mol. The van der Waals surface area contributed by atoms with Crippen LogP contribution in [0.3, 0.4) is 0 Å². The van der Waals surface area contributed by atoms with Gasteiger partial charge < -0.3 is 9.72 Å². The van der Waals surface area contributed by atoms with Crippen LogP contribution in [0.2, 0.25) is 5.02 Å². The highest BCUT2D eigenvalue weighted by Gasteiger charge is 2.27. The Bertz CT molecular complexity index is 985. The topological polar surface area (TPSA) is 64.1 Å². The summed E-state index contributed by atoms with van der Waals surface area (Å²) < 4.78 is 6.44. The van der Waals surface area contributed by atoms with E-state index in [1.165, 1.54) is 7.11 Å². The first-order valence-electron chi connectivity index (χ1n) is 7.44. The van der Waals surface area contributed by atoms with Crippen molar-refractivity contribution in [2.75, 3.05) is 7.11 Å². The number of aromatic amines is 1. The van der Waals surface area contributed by atoms with Crippen molar-refractivity contribution < 1.29 is 9.53 Å². The lowest BCUT2D eigenvalue weighted by molar-refractivity contribution is 0.0600. The summed E-state index contributed by atoms with van der Waals surface area (Å²) >= 11 is 6.00. The molecule has 0 aliphatic carbocycles. The zero-order valence-electron chi connectivity index (χ0n) is 13.6. The third-order valence-corrected chi connectivity index (χ3v) is 4.43. The zero-order valence-corrected chi connectivity index (χ0v) is 14.3. The molecule has 5 nitrogen and oxygen atoms in total. The molecule has 1 heterocycles. The van der Waals surface area contributed by atoms with Crippen LogP contribution in [0.25, 0.3) is 11.0 Å². The van der Waals surface area contributed by atoms with Gasteiger partial charge in [-0.3, -0.25) is 4.57 Å². The van der Waals surface area contributed by atoms with E-state index in [1.54, 1.807) is 34.9 Å². The van der Waals surface area contributed by atoms with Crippen molar-refractivity contribution in [1.29, 1.82) is 0 Å². The minimum Gasteiger partial charge on any atom is -0.465 e. The molecule has 0 unspecified atom stereocenters. The van der Waals surface area contributed by atoms with E-state index in [0.717, 1.165) is 11.1 Å². The Labute approximate surface area is 143 Å². The van der Waals surface area contributed by atoms with Crippen LogP contribution in [-0.4, -0.2) is 22.6 Å². The predicted octanol–water partition coefficient (Wildman–Crippen LogP) is 3.55. The van der Waals surface area contributed by atoms with Crippen molar-refractivity contribution in [3.63, 3.8) is 0 Å². The van der Waals surface area contributed by atoms with Crippen molar-refractivity contribution >= 4 is 28.6 Å². The van der Waals surface area contributed by atoms with Gasteiger partial charge in [0.05, 0.1) is 29.2 Å². The highest BCUT2D eigenvalue weighted by molar-refractivity contribution is 6.31. The van der Waals surface area contributed by atoms with Gasteiger partial charge in [0.25, 0.3) is 0 Å². The van der Waals surface area contributed by atoms with Gasteiger partial charge in [-0.05, 0) is 49.7 Å². The predicted molar refractivity (Wildman–Crippen MR) is 93.8 cm³/mol. The summed E-state index contributed by atoms with van der Waals surface area (Å²) in [5.41, 5.74) is 1.78. The van der Waals surface area contributed by atoms with Crippen molar-refractivity contribution in [2.45, 2.75) is 19.4 Å². The lowest BCUT2D eigenvalue weighted by Gasteiger charge is -2.27.